The molecule has 0 bridgehead atoms. The van der Waals surface area contributed by atoms with Crippen molar-refractivity contribution in [2.24, 2.45) is 5.41 Å². The quantitative estimate of drug-likeness (QED) is 0.535. The summed E-state index contributed by atoms with van der Waals surface area (Å²) >= 11 is 0. The monoisotopic (exact) mass is 397 g/mol. The Morgan fingerprint density at radius 2 is 2.00 bits per heavy atom. The number of hydrogen-bond donors (Lipinski definition) is 1. The van der Waals surface area contributed by atoms with E-state index in [1.54, 1.807) is 13.8 Å². The van der Waals surface area contributed by atoms with E-state index in [1.165, 1.54) is 0 Å². The van der Waals surface area contributed by atoms with Crippen LogP contribution >= 0.6 is 8.60 Å². The van der Waals surface area contributed by atoms with E-state index in [9.17, 15) is 9.59 Å². The fourth-order valence-corrected chi connectivity index (χ4v) is 3.87. The first-order valence-electron chi connectivity index (χ1n) is 9.02. The third-order valence-electron chi connectivity index (χ3n) is 3.86. The highest BCUT2D eigenvalue weighted by Gasteiger charge is 2.44. The molecular formula is C19H28NO6P. The lowest BCUT2D eigenvalue weighted by atomic mass is 9.87. The van der Waals surface area contributed by atoms with Gasteiger partial charge in [-0.25, -0.2) is 0 Å². The van der Waals surface area contributed by atoms with E-state index in [4.69, 9.17) is 18.3 Å². The van der Waals surface area contributed by atoms with Crippen molar-refractivity contribution in [2.45, 2.75) is 52.9 Å². The van der Waals surface area contributed by atoms with Crippen LogP contribution in [0.1, 0.15) is 39.7 Å². The van der Waals surface area contributed by atoms with Gasteiger partial charge >= 0.3 is 14.6 Å². The molecule has 1 N–H and O–H groups in total. The number of benzene rings is 1. The van der Waals surface area contributed by atoms with Gasteiger partial charge in [0.25, 0.3) is 0 Å². The van der Waals surface area contributed by atoms with Crippen molar-refractivity contribution >= 4 is 20.5 Å². The third-order valence-corrected chi connectivity index (χ3v) is 4.92. The SMILES string of the molecule is CC(C)OC(=O)CCNC(=O)C1OP(OCc2ccccc2)OCC1(C)C. The average Bonchev–Trinajstić information content (AvgIpc) is 2.60. The summed E-state index contributed by atoms with van der Waals surface area (Å²) in [6.07, 6.45) is -0.766. The van der Waals surface area contributed by atoms with Crippen molar-refractivity contribution in [1.29, 1.82) is 0 Å². The summed E-state index contributed by atoms with van der Waals surface area (Å²) in [5, 5.41) is 2.74. The van der Waals surface area contributed by atoms with Gasteiger partial charge in [0, 0.05) is 12.0 Å². The second kappa shape index (κ2) is 10.1. The van der Waals surface area contributed by atoms with Gasteiger partial charge in [0.1, 0.15) is 0 Å². The smallest absolute Gasteiger partial charge is 0.333 e. The van der Waals surface area contributed by atoms with Crippen LogP contribution in [-0.2, 0) is 34.5 Å². The molecule has 1 amide bonds. The summed E-state index contributed by atoms with van der Waals surface area (Å²) in [7, 11) is -1.62. The molecule has 0 radical (unpaired) electrons. The number of carbonyl (C=O) groups is 2. The standard InChI is InChI=1S/C19H28NO6P/c1-14(2)25-16(21)10-11-20-18(22)17-19(3,4)13-24-27(26-17)23-12-15-8-6-5-7-9-15/h5-9,14,17H,10-13H2,1-4H3,(H,20,22). The molecule has 0 saturated carbocycles. The first-order chi connectivity index (χ1) is 12.8. The molecular weight excluding hydrogens is 369 g/mol. The first kappa shape index (κ1) is 21.8. The van der Waals surface area contributed by atoms with Gasteiger partial charge in [-0.15, -0.1) is 0 Å². The Morgan fingerprint density at radius 3 is 2.67 bits per heavy atom. The van der Waals surface area contributed by atoms with Gasteiger partial charge in [0.15, 0.2) is 6.10 Å². The van der Waals surface area contributed by atoms with Gasteiger partial charge in [0.2, 0.25) is 5.91 Å². The minimum absolute atomic E-state index is 0.118. The molecule has 150 valence electrons. The lowest BCUT2D eigenvalue weighted by Gasteiger charge is -2.39. The van der Waals surface area contributed by atoms with Gasteiger partial charge in [-0.05, 0) is 19.4 Å². The maximum atomic E-state index is 12.5. The number of nitrogens with one attached hydrogen (secondary N) is 1. The molecule has 2 unspecified atom stereocenters. The predicted molar refractivity (Wildman–Crippen MR) is 102 cm³/mol. The molecule has 8 heteroatoms. The lowest BCUT2D eigenvalue weighted by Crippen LogP contribution is -2.49. The largest absolute Gasteiger partial charge is 0.463 e. The van der Waals surface area contributed by atoms with Crippen molar-refractivity contribution in [3.05, 3.63) is 35.9 Å². The van der Waals surface area contributed by atoms with Crippen LogP contribution in [0.25, 0.3) is 0 Å². The number of rotatable bonds is 8. The summed E-state index contributed by atoms with van der Waals surface area (Å²) in [5.41, 5.74) is 0.499. The number of carbonyl (C=O) groups excluding carboxylic acids is 2. The van der Waals surface area contributed by atoms with Crippen LogP contribution in [0.4, 0.5) is 0 Å². The summed E-state index contributed by atoms with van der Waals surface area (Å²) in [6.45, 7) is 8.26. The molecule has 2 atom stereocenters. The highest BCUT2D eigenvalue weighted by Crippen LogP contribution is 2.50. The number of amides is 1. The Morgan fingerprint density at radius 1 is 1.30 bits per heavy atom. The molecule has 0 aliphatic carbocycles. The fraction of sp³-hybridized carbons (Fsp3) is 0.579. The minimum atomic E-state index is -1.62. The topological polar surface area (TPSA) is 83.1 Å². The lowest BCUT2D eigenvalue weighted by molar-refractivity contribution is -0.147. The van der Waals surface area contributed by atoms with Crippen molar-refractivity contribution in [1.82, 2.24) is 5.32 Å². The van der Waals surface area contributed by atoms with Crippen molar-refractivity contribution < 1.29 is 27.9 Å². The summed E-state index contributed by atoms with van der Waals surface area (Å²) in [6, 6.07) is 9.69. The van der Waals surface area contributed by atoms with Crippen LogP contribution in [0.2, 0.25) is 0 Å². The maximum absolute atomic E-state index is 12.5. The molecule has 1 heterocycles. The van der Waals surface area contributed by atoms with Crippen LogP contribution < -0.4 is 5.32 Å². The van der Waals surface area contributed by atoms with Gasteiger partial charge in [-0.2, -0.15) is 0 Å². The fourth-order valence-electron chi connectivity index (χ4n) is 2.43. The Labute approximate surface area is 161 Å². The van der Waals surface area contributed by atoms with Crippen molar-refractivity contribution in [3.8, 4) is 0 Å². The van der Waals surface area contributed by atoms with Crippen LogP contribution in [-0.4, -0.2) is 37.2 Å². The Kier molecular flexibility index (Phi) is 8.17. The van der Waals surface area contributed by atoms with Crippen LogP contribution in [0, 0.1) is 5.41 Å². The van der Waals surface area contributed by atoms with Crippen LogP contribution in [0.5, 0.6) is 0 Å². The summed E-state index contributed by atoms with van der Waals surface area (Å²) < 4.78 is 22.2. The highest BCUT2D eigenvalue weighted by atomic mass is 31.2. The zero-order valence-corrected chi connectivity index (χ0v) is 17.2. The number of esters is 1. The van der Waals surface area contributed by atoms with Gasteiger partial charge in [-0.1, -0.05) is 44.2 Å². The third kappa shape index (κ3) is 7.18. The zero-order valence-electron chi connectivity index (χ0n) is 16.3. The Hall–Kier alpha value is -1.53. The molecule has 1 saturated heterocycles. The van der Waals surface area contributed by atoms with Crippen molar-refractivity contribution in [2.75, 3.05) is 13.2 Å². The molecule has 2 rings (SSSR count). The molecule has 1 aliphatic heterocycles. The van der Waals surface area contributed by atoms with Gasteiger partial charge < -0.3 is 19.1 Å². The molecule has 1 aromatic rings. The molecule has 0 aromatic heterocycles. The molecule has 1 fully saturated rings. The molecule has 1 aliphatic rings. The molecule has 7 nitrogen and oxygen atoms in total. The second-order valence-corrected chi connectivity index (χ2v) is 8.48. The first-order valence-corrected chi connectivity index (χ1v) is 10.1. The summed E-state index contributed by atoms with van der Waals surface area (Å²) in [4.78, 5) is 24.1. The second-order valence-electron chi connectivity index (χ2n) is 7.31. The predicted octanol–water partition coefficient (Wildman–Crippen LogP) is 3.33. The number of ether oxygens (including phenoxy) is 1. The van der Waals surface area contributed by atoms with E-state index in [1.807, 2.05) is 44.2 Å². The van der Waals surface area contributed by atoms with E-state index in [0.717, 1.165) is 5.56 Å². The molecule has 1 aromatic carbocycles. The zero-order chi connectivity index (χ0) is 19.9. The van der Waals surface area contributed by atoms with E-state index in [2.05, 4.69) is 5.32 Å². The van der Waals surface area contributed by atoms with Gasteiger partial charge in [0.05, 0.1) is 25.7 Å². The van der Waals surface area contributed by atoms with Gasteiger partial charge in [-0.3, -0.25) is 14.1 Å². The highest BCUT2D eigenvalue weighted by molar-refractivity contribution is 7.41. The average molecular weight is 397 g/mol. The maximum Gasteiger partial charge on any atom is 0.333 e. The van der Waals surface area contributed by atoms with Crippen molar-refractivity contribution in [3.63, 3.8) is 0 Å². The van der Waals surface area contributed by atoms with E-state index in [-0.39, 0.29) is 30.9 Å². The van der Waals surface area contributed by atoms with Crippen LogP contribution in [0.3, 0.4) is 0 Å². The molecule has 0 spiro atoms. The Bertz CT molecular complexity index is 622. The number of hydrogen-bond acceptors (Lipinski definition) is 6. The van der Waals surface area contributed by atoms with E-state index >= 15 is 0 Å². The Balaban J connectivity index is 1.83. The van der Waals surface area contributed by atoms with E-state index in [0.29, 0.717) is 13.2 Å². The molecule has 27 heavy (non-hydrogen) atoms. The minimum Gasteiger partial charge on any atom is -0.463 e. The normalized spacial score (nSPS) is 21.7. The van der Waals surface area contributed by atoms with Crippen LogP contribution in [0.15, 0.2) is 30.3 Å². The summed E-state index contributed by atoms with van der Waals surface area (Å²) in [5.74, 6) is -0.623. The van der Waals surface area contributed by atoms with E-state index < -0.39 is 20.1 Å².